The Labute approximate surface area is 150 Å². The summed E-state index contributed by atoms with van der Waals surface area (Å²) in [4.78, 5) is 0. The standard InChI is InChI=1S/C20H27BrOSi/c1-15-7-10-18(21)14-17(15)13-16-8-11-19(12-9-16)22-23(5,6)20(2,3)4/h7-12,14H,13H2,1-6H3. The first-order chi connectivity index (χ1) is 10.6. The topological polar surface area (TPSA) is 9.23 Å². The van der Waals surface area contributed by atoms with Crippen LogP contribution in [0.5, 0.6) is 5.75 Å². The van der Waals surface area contributed by atoms with Crippen LogP contribution in [0.25, 0.3) is 0 Å². The van der Waals surface area contributed by atoms with Crippen LogP contribution in [0.4, 0.5) is 0 Å². The minimum atomic E-state index is -1.76. The van der Waals surface area contributed by atoms with E-state index in [0.717, 1.165) is 16.6 Å². The molecule has 0 fully saturated rings. The van der Waals surface area contributed by atoms with Crippen LogP contribution in [0.15, 0.2) is 46.9 Å². The van der Waals surface area contributed by atoms with E-state index in [1.807, 2.05) is 0 Å². The van der Waals surface area contributed by atoms with E-state index in [0.29, 0.717) is 0 Å². The summed E-state index contributed by atoms with van der Waals surface area (Å²) in [6, 6.07) is 15.1. The van der Waals surface area contributed by atoms with Crippen LogP contribution in [0.1, 0.15) is 37.5 Å². The summed E-state index contributed by atoms with van der Waals surface area (Å²) in [5, 5.41) is 0.221. The molecule has 0 saturated heterocycles. The van der Waals surface area contributed by atoms with Crippen molar-refractivity contribution in [2.75, 3.05) is 0 Å². The van der Waals surface area contributed by atoms with Crippen molar-refractivity contribution in [1.82, 2.24) is 0 Å². The lowest BCUT2D eigenvalue weighted by Crippen LogP contribution is -2.43. The fourth-order valence-corrected chi connectivity index (χ4v) is 3.61. The first-order valence-corrected chi connectivity index (χ1v) is 11.8. The Bertz CT molecular complexity index is 669. The average molecular weight is 391 g/mol. The first-order valence-electron chi connectivity index (χ1n) is 8.11. The van der Waals surface area contributed by atoms with Crippen LogP contribution in [0.3, 0.4) is 0 Å². The van der Waals surface area contributed by atoms with E-state index in [1.54, 1.807) is 0 Å². The molecule has 0 bridgehead atoms. The fraction of sp³-hybridized carbons (Fsp3) is 0.400. The van der Waals surface area contributed by atoms with Crippen molar-refractivity contribution in [3.63, 3.8) is 0 Å². The molecule has 0 amide bonds. The maximum Gasteiger partial charge on any atom is 0.250 e. The molecule has 0 aromatic heterocycles. The van der Waals surface area contributed by atoms with Crippen molar-refractivity contribution >= 4 is 24.2 Å². The molecule has 3 heteroatoms. The van der Waals surface area contributed by atoms with Gasteiger partial charge in [0.15, 0.2) is 0 Å². The molecule has 2 rings (SSSR count). The lowest BCUT2D eigenvalue weighted by atomic mass is 10.0. The lowest BCUT2D eigenvalue weighted by molar-refractivity contribution is 0.492. The van der Waals surface area contributed by atoms with Crippen LogP contribution in [0, 0.1) is 6.92 Å². The number of hydrogen-bond acceptors (Lipinski definition) is 1. The first kappa shape index (κ1) is 18.3. The molecule has 0 aliphatic carbocycles. The van der Waals surface area contributed by atoms with Gasteiger partial charge in [-0.05, 0) is 72.4 Å². The number of rotatable bonds is 4. The molecular formula is C20H27BrOSi. The largest absolute Gasteiger partial charge is 0.544 e. The summed E-state index contributed by atoms with van der Waals surface area (Å²) in [6.45, 7) is 13.5. The van der Waals surface area contributed by atoms with Gasteiger partial charge in [-0.3, -0.25) is 0 Å². The predicted molar refractivity (Wildman–Crippen MR) is 106 cm³/mol. The zero-order valence-corrected chi connectivity index (χ0v) is 17.6. The molecule has 124 valence electrons. The highest BCUT2D eigenvalue weighted by atomic mass is 79.9. The lowest BCUT2D eigenvalue weighted by Gasteiger charge is -2.36. The SMILES string of the molecule is Cc1ccc(Br)cc1Cc1ccc(O[Si](C)(C)C(C)(C)C)cc1. The summed E-state index contributed by atoms with van der Waals surface area (Å²) in [5.41, 5.74) is 4.00. The Morgan fingerprint density at radius 1 is 1.00 bits per heavy atom. The molecule has 0 spiro atoms. The zero-order valence-electron chi connectivity index (χ0n) is 15.0. The summed E-state index contributed by atoms with van der Waals surface area (Å²) in [5.74, 6) is 0.992. The molecule has 0 radical (unpaired) electrons. The van der Waals surface area contributed by atoms with Crippen molar-refractivity contribution in [1.29, 1.82) is 0 Å². The highest BCUT2D eigenvalue weighted by Crippen LogP contribution is 2.37. The van der Waals surface area contributed by atoms with Crippen molar-refractivity contribution in [3.8, 4) is 5.75 Å². The van der Waals surface area contributed by atoms with Crippen molar-refractivity contribution in [2.24, 2.45) is 0 Å². The third-order valence-electron chi connectivity index (χ3n) is 4.81. The van der Waals surface area contributed by atoms with E-state index in [1.165, 1.54) is 16.7 Å². The van der Waals surface area contributed by atoms with E-state index in [9.17, 15) is 0 Å². The number of benzene rings is 2. The molecule has 0 aliphatic rings. The van der Waals surface area contributed by atoms with E-state index in [-0.39, 0.29) is 5.04 Å². The highest BCUT2D eigenvalue weighted by Gasteiger charge is 2.38. The van der Waals surface area contributed by atoms with E-state index >= 15 is 0 Å². The molecule has 2 aromatic rings. The Hall–Kier alpha value is -1.06. The molecule has 0 aliphatic heterocycles. The van der Waals surface area contributed by atoms with Gasteiger partial charge >= 0.3 is 0 Å². The van der Waals surface area contributed by atoms with Gasteiger partial charge in [-0.15, -0.1) is 0 Å². The molecular weight excluding hydrogens is 364 g/mol. The number of hydrogen-bond donors (Lipinski definition) is 0. The van der Waals surface area contributed by atoms with Crippen LogP contribution in [0.2, 0.25) is 18.1 Å². The third kappa shape index (κ3) is 4.71. The van der Waals surface area contributed by atoms with Gasteiger partial charge in [0.1, 0.15) is 5.75 Å². The quantitative estimate of drug-likeness (QED) is 0.525. The number of halogens is 1. The van der Waals surface area contributed by atoms with Crippen molar-refractivity contribution in [3.05, 3.63) is 63.6 Å². The normalized spacial score (nSPS) is 12.3. The minimum absolute atomic E-state index is 0.221. The van der Waals surface area contributed by atoms with E-state index in [4.69, 9.17) is 4.43 Å². The maximum atomic E-state index is 6.35. The molecule has 0 N–H and O–H groups in total. The molecule has 23 heavy (non-hydrogen) atoms. The van der Waals surface area contributed by atoms with Crippen LogP contribution < -0.4 is 4.43 Å². The van der Waals surface area contributed by atoms with Gasteiger partial charge in [0.05, 0.1) is 0 Å². The second-order valence-corrected chi connectivity index (χ2v) is 13.4. The van der Waals surface area contributed by atoms with Gasteiger partial charge in [0.2, 0.25) is 8.32 Å². The van der Waals surface area contributed by atoms with Crippen molar-refractivity contribution < 1.29 is 4.43 Å². The summed E-state index contributed by atoms with van der Waals surface area (Å²) < 4.78 is 7.48. The molecule has 0 heterocycles. The van der Waals surface area contributed by atoms with Crippen LogP contribution in [-0.2, 0) is 6.42 Å². The molecule has 0 saturated carbocycles. The summed E-state index contributed by atoms with van der Waals surface area (Å²) >= 11 is 3.56. The highest BCUT2D eigenvalue weighted by molar-refractivity contribution is 9.10. The summed E-state index contributed by atoms with van der Waals surface area (Å²) in [6.07, 6.45) is 0.950. The van der Waals surface area contributed by atoms with Crippen LogP contribution in [-0.4, -0.2) is 8.32 Å². The molecule has 1 nitrogen and oxygen atoms in total. The van der Waals surface area contributed by atoms with Gasteiger partial charge < -0.3 is 4.43 Å². The average Bonchev–Trinajstić information content (AvgIpc) is 2.43. The molecule has 0 atom stereocenters. The smallest absolute Gasteiger partial charge is 0.250 e. The number of aryl methyl sites for hydroxylation is 1. The third-order valence-corrected chi connectivity index (χ3v) is 9.66. The zero-order chi connectivity index (χ0) is 17.3. The Morgan fingerprint density at radius 3 is 2.17 bits per heavy atom. The maximum absolute atomic E-state index is 6.35. The minimum Gasteiger partial charge on any atom is -0.544 e. The summed E-state index contributed by atoms with van der Waals surface area (Å²) in [7, 11) is -1.76. The monoisotopic (exact) mass is 390 g/mol. The van der Waals surface area contributed by atoms with E-state index < -0.39 is 8.32 Å². The Kier molecular flexibility index (Phi) is 5.42. The Morgan fingerprint density at radius 2 is 1.61 bits per heavy atom. The second-order valence-electron chi connectivity index (χ2n) is 7.75. The van der Waals surface area contributed by atoms with Gasteiger partial charge in [-0.2, -0.15) is 0 Å². The molecule has 0 unspecified atom stereocenters. The Balaban J connectivity index is 2.12. The predicted octanol–water partition coefficient (Wildman–Crippen LogP) is 6.73. The van der Waals surface area contributed by atoms with Gasteiger partial charge in [-0.25, -0.2) is 0 Å². The van der Waals surface area contributed by atoms with Gasteiger partial charge in [-0.1, -0.05) is 54.9 Å². The van der Waals surface area contributed by atoms with E-state index in [2.05, 4.69) is 99.2 Å². The fourth-order valence-electron chi connectivity index (χ4n) is 2.17. The van der Waals surface area contributed by atoms with Crippen LogP contribution >= 0.6 is 15.9 Å². The van der Waals surface area contributed by atoms with Crippen molar-refractivity contribution in [2.45, 2.75) is 52.2 Å². The van der Waals surface area contributed by atoms with Gasteiger partial charge in [0.25, 0.3) is 0 Å². The molecule has 2 aromatic carbocycles. The van der Waals surface area contributed by atoms with Gasteiger partial charge in [0, 0.05) is 4.47 Å². The second kappa shape index (κ2) is 6.82.